The predicted octanol–water partition coefficient (Wildman–Crippen LogP) is 3.06. The van der Waals surface area contributed by atoms with Crippen LogP contribution >= 0.6 is 0 Å². The standard InChI is InChI=1S/C20H17F3N2O3/c1-24-15-10-25(18(26)12-5-3-2-4-6-12)11-17(15)28-16-8-7-13(20(21,22)23)9-14(16)19(24)27/h2-9,15,17H,10-11H2,1H3. The van der Waals surface area contributed by atoms with Gasteiger partial charge in [0.1, 0.15) is 11.9 Å². The van der Waals surface area contributed by atoms with E-state index in [-0.39, 0.29) is 30.3 Å². The molecule has 0 bridgehead atoms. The van der Waals surface area contributed by atoms with Crippen LogP contribution in [-0.4, -0.2) is 53.9 Å². The van der Waals surface area contributed by atoms with Gasteiger partial charge in [-0.3, -0.25) is 9.59 Å². The van der Waals surface area contributed by atoms with E-state index < -0.39 is 29.8 Å². The molecule has 8 heteroatoms. The number of fused-ring (bicyclic) bond motifs is 2. The fourth-order valence-corrected chi connectivity index (χ4v) is 3.65. The quantitative estimate of drug-likeness (QED) is 0.752. The topological polar surface area (TPSA) is 49.9 Å². The molecule has 4 rings (SSSR count). The molecule has 0 spiro atoms. The van der Waals surface area contributed by atoms with Gasteiger partial charge in [0.15, 0.2) is 0 Å². The van der Waals surface area contributed by atoms with Crippen LogP contribution < -0.4 is 4.74 Å². The van der Waals surface area contributed by atoms with Gasteiger partial charge in [0.2, 0.25) is 0 Å². The Morgan fingerprint density at radius 1 is 1.11 bits per heavy atom. The molecule has 2 aliphatic heterocycles. The lowest BCUT2D eigenvalue weighted by atomic mass is 10.1. The van der Waals surface area contributed by atoms with Gasteiger partial charge < -0.3 is 14.5 Å². The molecular formula is C20H17F3N2O3. The highest BCUT2D eigenvalue weighted by atomic mass is 19.4. The smallest absolute Gasteiger partial charge is 0.416 e. The van der Waals surface area contributed by atoms with Crippen LogP contribution in [0.2, 0.25) is 0 Å². The summed E-state index contributed by atoms with van der Waals surface area (Å²) in [4.78, 5) is 28.5. The van der Waals surface area contributed by atoms with Gasteiger partial charge >= 0.3 is 6.18 Å². The third kappa shape index (κ3) is 3.08. The number of alkyl halides is 3. The van der Waals surface area contributed by atoms with Crippen LogP contribution in [-0.2, 0) is 6.18 Å². The number of rotatable bonds is 1. The molecule has 2 aromatic carbocycles. The maximum absolute atomic E-state index is 13.0. The number of benzene rings is 2. The highest BCUT2D eigenvalue weighted by Crippen LogP contribution is 2.36. The Hall–Kier alpha value is -3.03. The molecule has 2 atom stereocenters. The van der Waals surface area contributed by atoms with Crippen LogP contribution in [0.1, 0.15) is 26.3 Å². The number of ether oxygens (including phenoxy) is 1. The minimum absolute atomic E-state index is 0.103. The van der Waals surface area contributed by atoms with E-state index in [1.807, 2.05) is 6.07 Å². The Morgan fingerprint density at radius 3 is 2.50 bits per heavy atom. The maximum Gasteiger partial charge on any atom is 0.416 e. The molecule has 5 nitrogen and oxygen atoms in total. The molecule has 2 heterocycles. The molecule has 2 unspecified atom stereocenters. The fourth-order valence-electron chi connectivity index (χ4n) is 3.65. The van der Waals surface area contributed by atoms with Crippen LogP contribution in [0.25, 0.3) is 0 Å². The summed E-state index contributed by atoms with van der Waals surface area (Å²) in [6.07, 6.45) is -5.06. The lowest BCUT2D eigenvalue weighted by Crippen LogP contribution is -2.44. The normalized spacial score (nSPS) is 21.6. The Labute approximate surface area is 159 Å². The molecule has 1 fully saturated rings. The van der Waals surface area contributed by atoms with E-state index in [2.05, 4.69) is 0 Å². The summed E-state index contributed by atoms with van der Waals surface area (Å²) in [6, 6.07) is 11.2. The van der Waals surface area contributed by atoms with Gasteiger partial charge in [-0.15, -0.1) is 0 Å². The summed E-state index contributed by atoms with van der Waals surface area (Å²) in [5.74, 6) is -0.625. The van der Waals surface area contributed by atoms with Crippen LogP contribution in [0.3, 0.4) is 0 Å². The molecule has 2 amide bonds. The van der Waals surface area contributed by atoms with Gasteiger partial charge in [0.05, 0.1) is 23.7 Å². The van der Waals surface area contributed by atoms with Crippen molar-refractivity contribution < 1.29 is 27.5 Å². The molecule has 0 aliphatic carbocycles. The van der Waals surface area contributed by atoms with Gasteiger partial charge in [-0.2, -0.15) is 13.2 Å². The van der Waals surface area contributed by atoms with E-state index in [0.29, 0.717) is 5.56 Å². The Kier molecular flexibility index (Phi) is 4.28. The van der Waals surface area contributed by atoms with Gasteiger partial charge in [0.25, 0.3) is 11.8 Å². The Balaban J connectivity index is 1.62. The van der Waals surface area contributed by atoms with E-state index in [1.54, 1.807) is 29.2 Å². The number of halogens is 3. The largest absolute Gasteiger partial charge is 0.486 e. The van der Waals surface area contributed by atoms with Crippen molar-refractivity contribution in [3.05, 3.63) is 65.2 Å². The Morgan fingerprint density at radius 2 is 1.82 bits per heavy atom. The number of hydrogen-bond acceptors (Lipinski definition) is 3. The van der Waals surface area contributed by atoms with E-state index in [4.69, 9.17) is 4.74 Å². The average Bonchev–Trinajstić information content (AvgIpc) is 3.06. The number of carbonyl (C=O) groups excluding carboxylic acids is 2. The second kappa shape index (κ2) is 6.54. The van der Waals surface area contributed by atoms with Crippen LogP contribution in [0.15, 0.2) is 48.5 Å². The number of carbonyl (C=O) groups is 2. The molecule has 146 valence electrons. The van der Waals surface area contributed by atoms with Crippen LogP contribution in [0, 0.1) is 0 Å². The summed E-state index contributed by atoms with van der Waals surface area (Å²) in [7, 11) is 1.52. The average molecular weight is 390 g/mol. The van der Waals surface area contributed by atoms with Crippen molar-refractivity contribution in [2.24, 2.45) is 0 Å². The van der Waals surface area contributed by atoms with E-state index in [1.165, 1.54) is 18.0 Å². The van der Waals surface area contributed by atoms with E-state index >= 15 is 0 Å². The number of likely N-dealkylation sites (tertiary alicyclic amines) is 1. The molecule has 0 aromatic heterocycles. The number of hydrogen-bond donors (Lipinski definition) is 0. The molecule has 1 saturated heterocycles. The van der Waals surface area contributed by atoms with Gasteiger partial charge in [-0.1, -0.05) is 18.2 Å². The summed E-state index contributed by atoms with van der Waals surface area (Å²) in [5.41, 5.74) is -0.486. The van der Waals surface area contributed by atoms with Gasteiger partial charge in [-0.05, 0) is 30.3 Å². The molecule has 28 heavy (non-hydrogen) atoms. The fraction of sp³-hybridized carbons (Fsp3) is 0.300. The monoisotopic (exact) mass is 390 g/mol. The van der Waals surface area contributed by atoms with Crippen molar-refractivity contribution in [2.75, 3.05) is 20.1 Å². The molecular weight excluding hydrogens is 373 g/mol. The van der Waals surface area contributed by atoms with Crippen molar-refractivity contribution in [3.8, 4) is 5.75 Å². The first kappa shape index (κ1) is 18.3. The highest BCUT2D eigenvalue weighted by Gasteiger charge is 2.44. The zero-order chi connectivity index (χ0) is 20.1. The summed E-state index contributed by atoms with van der Waals surface area (Å²) in [6.45, 7) is 0.497. The highest BCUT2D eigenvalue weighted by molar-refractivity contribution is 5.98. The first-order valence-electron chi connectivity index (χ1n) is 8.75. The lowest BCUT2D eigenvalue weighted by Gasteiger charge is -2.25. The van der Waals surface area contributed by atoms with Crippen LogP contribution in [0.5, 0.6) is 5.75 Å². The summed E-state index contributed by atoms with van der Waals surface area (Å²) < 4.78 is 44.9. The first-order valence-corrected chi connectivity index (χ1v) is 8.75. The molecule has 0 radical (unpaired) electrons. The van der Waals surface area contributed by atoms with Crippen molar-refractivity contribution in [1.82, 2.24) is 9.80 Å². The molecule has 0 saturated carbocycles. The third-order valence-corrected chi connectivity index (χ3v) is 5.18. The van der Waals surface area contributed by atoms with Crippen molar-refractivity contribution in [2.45, 2.75) is 18.3 Å². The van der Waals surface area contributed by atoms with Crippen molar-refractivity contribution >= 4 is 11.8 Å². The lowest BCUT2D eigenvalue weighted by molar-refractivity contribution is -0.137. The first-order chi connectivity index (χ1) is 13.3. The van der Waals surface area contributed by atoms with E-state index in [0.717, 1.165) is 12.1 Å². The minimum Gasteiger partial charge on any atom is -0.486 e. The summed E-state index contributed by atoms with van der Waals surface area (Å²) >= 11 is 0. The molecule has 2 aromatic rings. The second-order valence-electron chi connectivity index (χ2n) is 6.92. The van der Waals surface area contributed by atoms with Crippen molar-refractivity contribution in [3.63, 3.8) is 0 Å². The van der Waals surface area contributed by atoms with Crippen LogP contribution in [0.4, 0.5) is 13.2 Å². The second-order valence-corrected chi connectivity index (χ2v) is 6.92. The summed E-state index contributed by atoms with van der Waals surface area (Å²) in [5, 5.41) is 0. The number of likely N-dealkylation sites (N-methyl/N-ethyl adjacent to an activating group) is 1. The van der Waals surface area contributed by atoms with Gasteiger partial charge in [0, 0.05) is 19.2 Å². The molecule has 2 aliphatic rings. The zero-order valence-corrected chi connectivity index (χ0v) is 14.9. The van der Waals surface area contributed by atoms with E-state index in [9.17, 15) is 22.8 Å². The SMILES string of the molecule is CN1C(=O)c2cc(C(F)(F)F)ccc2OC2CN(C(=O)c3ccccc3)CC21. The minimum atomic E-state index is -4.55. The zero-order valence-electron chi connectivity index (χ0n) is 14.9. The predicted molar refractivity (Wildman–Crippen MR) is 94.1 cm³/mol. The number of amides is 2. The third-order valence-electron chi connectivity index (χ3n) is 5.18. The van der Waals surface area contributed by atoms with Crippen molar-refractivity contribution in [1.29, 1.82) is 0 Å². The van der Waals surface area contributed by atoms with Gasteiger partial charge in [-0.25, -0.2) is 0 Å². The Bertz CT molecular complexity index is 930. The molecule has 0 N–H and O–H groups in total. The maximum atomic E-state index is 13.0. The number of nitrogens with zero attached hydrogens (tertiary/aromatic N) is 2.